The molecule has 0 bridgehead atoms. The van der Waals surface area contributed by atoms with Gasteiger partial charge in [0.25, 0.3) is 0 Å². The summed E-state index contributed by atoms with van der Waals surface area (Å²) in [6.45, 7) is 3.20. The lowest BCUT2D eigenvalue weighted by Gasteiger charge is -2.22. The van der Waals surface area contributed by atoms with Crippen LogP contribution in [-0.4, -0.2) is 23.0 Å². The predicted molar refractivity (Wildman–Crippen MR) is 84.9 cm³/mol. The summed E-state index contributed by atoms with van der Waals surface area (Å²) in [6, 6.07) is 14.3. The Kier molecular flexibility index (Phi) is 5.01. The molecular weight excluding hydrogens is 296 g/mol. The first-order valence-corrected chi connectivity index (χ1v) is 7.11. The van der Waals surface area contributed by atoms with Gasteiger partial charge in [-0.05, 0) is 31.5 Å². The Bertz CT molecular complexity index is 692. The number of carboxylic acid groups (broad SMARTS) is 1. The molecular formula is C18H18O5. The highest BCUT2D eigenvalue weighted by Crippen LogP contribution is 2.28. The zero-order chi connectivity index (χ0) is 16.9. The first-order valence-electron chi connectivity index (χ1n) is 7.11. The fraction of sp³-hybridized carbons (Fsp3) is 0.222. The van der Waals surface area contributed by atoms with Gasteiger partial charge in [0.15, 0.2) is 11.9 Å². The maximum absolute atomic E-state index is 11.2. The number of aliphatic carboxylic acids is 1. The van der Waals surface area contributed by atoms with E-state index in [2.05, 4.69) is 0 Å². The van der Waals surface area contributed by atoms with E-state index in [1.165, 1.54) is 19.9 Å². The average molecular weight is 314 g/mol. The Morgan fingerprint density at radius 3 is 2.48 bits per heavy atom. The number of benzene rings is 2. The normalized spacial score (nSPS) is 10.9. The molecule has 5 nitrogen and oxygen atoms in total. The number of hydrogen-bond donors (Lipinski definition) is 1. The highest BCUT2D eigenvalue weighted by atomic mass is 16.5. The van der Waals surface area contributed by atoms with Crippen LogP contribution in [0.4, 0.5) is 0 Å². The van der Waals surface area contributed by atoms with Gasteiger partial charge >= 0.3 is 5.97 Å². The maximum atomic E-state index is 11.2. The van der Waals surface area contributed by atoms with Crippen molar-refractivity contribution in [2.75, 3.05) is 0 Å². The second-order valence-electron chi connectivity index (χ2n) is 5.51. The molecule has 0 spiro atoms. The van der Waals surface area contributed by atoms with Gasteiger partial charge in [0.1, 0.15) is 18.1 Å². The van der Waals surface area contributed by atoms with E-state index < -0.39 is 11.6 Å². The molecule has 23 heavy (non-hydrogen) atoms. The standard InChI is InChI=1S/C18H18O5/c1-18(2,17(20)21)23-16-10-15(9-8-14(16)11-19)22-12-13-6-4-3-5-7-13/h3-11H,12H2,1-2H3,(H,20,21). The van der Waals surface area contributed by atoms with E-state index >= 15 is 0 Å². The average Bonchev–Trinajstić information content (AvgIpc) is 2.53. The van der Waals surface area contributed by atoms with Crippen LogP contribution in [0.5, 0.6) is 11.5 Å². The molecule has 0 saturated heterocycles. The van der Waals surface area contributed by atoms with E-state index in [1.807, 2.05) is 30.3 Å². The molecule has 0 aliphatic rings. The lowest BCUT2D eigenvalue weighted by atomic mass is 10.1. The smallest absolute Gasteiger partial charge is 0.347 e. The van der Waals surface area contributed by atoms with Gasteiger partial charge in [-0.2, -0.15) is 0 Å². The van der Waals surface area contributed by atoms with Crippen LogP contribution < -0.4 is 9.47 Å². The van der Waals surface area contributed by atoms with Gasteiger partial charge in [0.2, 0.25) is 0 Å². The zero-order valence-electron chi connectivity index (χ0n) is 13.0. The number of hydrogen-bond acceptors (Lipinski definition) is 4. The topological polar surface area (TPSA) is 72.8 Å². The second kappa shape index (κ2) is 6.96. The van der Waals surface area contributed by atoms with Gasteiger partial charge in [0.05, 0.1) is 5.56 Å². The van der Waals surface area contributed by atoms with Gasteiger partial charge in [0, 0.05) is 6.07 Å². The van der Waals surface area contributed by atoms with Crippen LogP contribution in [0.3, 0.4) is 0 Å². The summed E-state index contributed by atoms with van der Waals surface area (Å²) >= 11 is 0. The van der Waals surface area contributed by atoms with Crippen LogP contribution in [0.1, 0.15) is 29.8 Å². The Balaban J connectivity index is 2.18. The minimum Gasteiger partial charge on any atom is -0.489 e. The van der Waals surface area contributed by atoms with E-state index in [0.717, 1.165) is 5.56 Å². The van der Waals surface area contributed by atoms with E-state index in [-0.39, 0.29) is 11.3 Å². The van der Waals surface area contributed by atoms with Gasteiger partial charge in [-0.3, -0.25) is 4.79 Å². The van der Waals surface area contributed by atoms with Crippen molar-refractivity contribution >= 4 is 12.3 Å². The molecule has 0 aliphatic carbocycles. The van der Waals surface area contributed by atoms with Crippen molar-refractivity contribution in [1.29, 1.82) is 0 Å². The van der Waals surface area contributed by atoms with E-state index in [9.17, 15) is 9.59 Å². The molecule has 2 aromatic rings. The first kappa shape index (κ1) is 16.5. The molecule has 1 N–H and O–H groups in total. The summed E-state index contributed by atoms with van der Waals surface area (Å²) in [5.41, 5.74) is -0.179. The third-order valence-electron chi connectivity index (χ3n) is 3.24. The maximum Gasteiger partial charge on any atom is 0.347 e. The molecule has 120 valence electrons. The lowest BCUT2D eigenvalue weighted by molar-refractivity contribution is -0.152. The van der Waals surface area contributed by atoms with Crippen molar-refractivity contribution < 1.29 is 24.2 Å². The van der Waals surface area contributed by atoms with Gasteiger partial charge in [-0.25, -0.2) is 4.79 Å². The fourth-order valence-corrected chi connectivity index (χ4v) is 1.85. The summed E-state index contributed by atoms with van der Waals surface area (Å²) in [6.07, 6.45) is 0.619. The highest BCUT2D eigenvalue weighted by molar-refractivity contribution is 5.81. The lowest BCUT2D eigenvalue weighted by Crippen LogP contribution is -2.38. The minimum absolute atomic E-state index is 0.179. The molecule has 2 aromatic carbocycles. The van der Waals surface area contributed by atoms with Crippen LogP contribution in [0.2, 0.25) is 0 Å². The number of rotatable bonds is 7. The summed E-state index contributed by atoms with van der Waals surface area (Å²) in [7, 11) is 0. The first-order chi connectivity index (χ1) is 10.9. The monoisotopic (exact) mass is 314 g/mol. The van der Waals surface area contributed by atoms with Crippen molar-refractivity contribution in [2.24, 2.45) is 0 Å². The van der Waals surface area contributed by atoms with Crippen LogP contribution >= 0.6 is 0 Å². The molecule has 0 fully saturated rings. The molecule has 0 atom stereocenters. The molecule has 0 aliphatic heterocycles. The molecule has 5 heteroatoms. The highest BCUT2D eigenvalue weighted by Gasteiger charge is 2.30. The summed E-state index contributed by atoms with van der Waals surface area (Å²) < 4.78 is 11.1. The molecule has 0 aromatic heterocycles. The Labute approximate surface area is 134 Å². The number of carboxylic acids is 1. The summed E-state index contributed by atoms with van der Waals surface area (Å²) in [5.74, 6) is -0.446. The van der Waals surface area contributed by atoms with Crippen molar-refractivity contribution in [3.8, 4) is 11.5 Å². The quantitative estimate of drug-likeness (QED) is 0.794. The van der Waals surface area contributed by atoms with E-state index in [0.29, 0.717) is 18.6 Å². The SMILES string of the molecule is CC(C)(Oc1cc(OCc2ccccc2)ccc1C=O)C(=O)O. The molecule has 2 rings (SSSR count). The summed E-state index contributed by atoms with van der Waals surface area (Å²) in [5, 5.41) is 9.14. The van der Waals surface area contributed by atoms with E-state index in [1.54, 1.807) is 12.1 Å². The Hall–Kier alpha value is -2.82. The molecule has 0 unspecified atom stereocenters. The molecule has 0 heterocycles. The van der Waals surface area contributed by atoms with Crippen molar-refractivity contribution in [3.63, 3.8) is 0 Å². The number of ether oxygens (including phenoxy) is 2. The molecule has 0 radical (unpaired) electrons. The zero-order valence-corrected chi connectivity index (χ0v) is 13.0. The Morgan fingerprint density at radius 1 is 1.17 bits per heavy atom. The number of carbonyl (C=O) groups excluding carboxylic acids is 1. The van der Waals surface area contributed by atoms with Gasteiger partial charge in [-0.1, -0.05) is 30.3 Å². The molecule has 0 saturated carbocycles. The Morgan fingerprint density at radius 2 is 1.87 bits per heavy atom. The van der Waals surface area contributed by atoms with Crippen molar-refractivity contribution in [2.45, 2.75) is 26.1 Å². The minimum atomic E-state index is -1.45. The number of carbonyl (C=O) groups is 2. The van der Waals surface area contributed by atoms with Crippen LogP contribution in [0.15, 0.2) is 48.5 Å². The van der Waals surface area contributed by atoms with Crippen LogP contribution in [0, 0.1) is 0 Å². The van der Waals surface area contributed by atoms with Crippen LogP contribution in [-0.2, 0) is 11.4 Å². The van der Waals surface area contributed by atoms with Crippen molar-refractivity contribution in [3.05, 3.63) is 59.7 Å². The molecule has 0 amide bonds. The third kappa shape index (κ3) is 4.32. The second-order valence-corrected chi connectivity index (χ2v) is 5.51. The van der Waals surface area contributed by atoms with Crippen LogP contribution in [0.25, 0.3) is 0 Å². The third-order valence-corrected chi connectivity index (χ3v) is 3.24. The van der Waals surface area contributed by atoms with E-state index in [4.69, 9.17) is 14.6 Å². The van der Waals surface area contributed by atoms with Crippen molar-refractivity contribution in [1.82, 2.24) is 0 Å². The summed E-state index contributed by atoms with van der Waals surface area (Å²) in [4.78, 5) is 22.3. The van der Waals surface area contributed by atoms with Gasteiger partial charge < -0.3 is 14.6 Å². The predicted octanol–water partition coefficient (Wildman–Crippen LogP) is 3.32. The largest absolute Gasteiger partial charge is 0.489 e. The fourth-order valence-electron chi connectivity index (χ4n) is 1.85. The number of aldehydes is 1. The van der Waals surface area contributed by atoms with Gasteiger partial charge in [-0.15, -0.1) is 0 Å².